The summed E-state index contributed by atoms with van der Waals surface area (Å²) in [6.45, 7) is 8.14. The average Bonchev–Trinajstić information content (AvgIpc) is 2.97. The van der Waals surface area contributed by atoms with E-state index in [0.29, 0.717) is 12.8 Å². The third kappa shape index (κ3) is 16.4. The Kier molecular flexibility index (Phi) is 17.7. The minimum atomic E-state index is 0.0577. The van der Waals surface area contributed by atoms with E-state index in [0.717, 1.165) is 44.0 Å². The number of nitrogens with one attached hydrogen (secondary N) is 2. The summed E-state index contributed by atoms with van der Waals surface area (Å²) in [6, 6.07) is 16.1. The first-order valence-corrected chi connectivity index (χ1v) is 16.0. The van der Waals surface area contributed by atoms with Crippen molar-refractivity contribution in [1.82, 2.24) is 9.80 Å². The first kappa shape index (κ1) is 34.5. The number of benzene rings is 2. The Hall–Kier alpha value is -2.70. The molecule has 0 unspecified atom stereocenters. The second-order valence-corrected chi connectivity index (χ2v) is 11.6. The Bertz CT molecular complexity index is 895. The van der Waals surface area contributed by atoms with E-state index in [2.05, 4.69) is 72.6 Å². The second-order valence-electron chi connectivity index (χ2n) is 11.6. The van der Waals surface area contributed by atoms with E-state index in [-0.39, 0.29) is 11.8 Å². The Morgan fingerprint density at radius 3 is 1.27 bits per heavy atom. The zero-order valence-corrected chi connectivity index (χ0v) is 26.4. The van der Waals surface area contributed by atoms with Gasteiger partial charge in [-0.05, 0) is 81.8 Å². The zero-order chi connectivity index (χ0) is 29.7. The normalized spacial score (nSPS) is 11.3. The van der Waals surface area contributed by atoms with Crippen LogP contribution in [0, 0.1) is 0 Å². The molecular weight excluding hydrogens is 508 g/mol. The van der Waals surface area contributed by atoms with Gasteiger partial charge >= 0.3 is 0 Å². The van der Waals surface area contributed by atoms with Crippen molar-refractivity contribution in [1.29, 1.82) is 0 Å². The molecule has 228 valence electrons. The molecule has 0 saturated carbocycles. The third-order valence-electron chi connectivity index (χ3n) is 7.61. The van der Waals surface area contributed by atoms with Crippen LogP contribution in [0.15, 0.2) is 48.5 Å². The number of anilines is 2. The molecule has 0 heterocycles. The van der Waals surface area contributed by atoms with Gasteiger partial charge in [0.1, 0.15) is 0 Å². The van der Waals surface area contributed by atoms with E-state index in [1.807, 2.05) is 24.3 Å². The van der Waals surface area contributed by atoms with Crippen LogP contribution in [0.3, 0.4) is 0 Å². The van der Waals surface area contributed by atoms with Gasteiger partial charge in [-0.2, -0.15) is 0 Å². The van der Waals surface area contributed by atoms with E-state index in [1.165, 1.54) is 75.3 Å². The van der Waals surface area contributed by atoms with Crippen molar-refractivity contribution >= 4 is 23.2 Å². The number of hydrogen-bond donors (Lipinski definition) is 2. The molecule has 0 radical (unpaired) electrons. The SMILES string of the molecule is CCCCCCCN(C)CCC(=O)Nc1ccc(Cc2ccc(NC(=O)CCN(C)CCCCCCC)cc2)cc1. The summed E-state index contributed by atoms with van der Waals surface area (Å²) in [4.78, 5) is 29.3. The summed E-state index contributed by atoms with van der Waals surface area (Å²) in [5.74, 6) is 0.115. The number of hydrogen-bond acceptors (Lipinski definition) is 4. The molecule has 0 spiro atoms. The number of nitrogens with zero attached hydrogens (tertiary/aromatic N) is 2. The number of amides is 2. The molecule has 0 bridgehead atoms. The Morgan fingerprint density at radius 2 is 0.902 bits per heavy atom. The molecule has 6 nitrogen and oxygen atoms in total. The topological polar surface area (TPSA) is 64.7 Å². The molecule has 0 aliphatic rings. The minimum Gasteiger partial charge on any atom is -0.326 e. The third-order valence-corrected chi connectivity index (χ3v) is 7.61. The molecule has 0 fully saturated rings. The summed E-state index contributed by atoms with van der Waals surface area (Å²) in [5.41, 5.74) is 4.03. The van der Waals surface area contributed by atoms with Gasteiger partial charge in [0.25, 0.3) is 0 Å². The number of carbonyl (C=O) groups is 2. The maximum atomic E-state index is 12.4. The quantitative estimate of drug-likeness (QED) is 0.144. The molecule has 0 aliphatic carbocycles. The standard InChI is InChI=1S/C35H56N4O2/c1-5-7-9-11-13-25-38(3)27-23-34(40)36-32-19-15-30(16-20-32)29-31-17-21-33(22-18-31)37-35(41)24-28-39(4)26-14-12-10-8-6-2/h15-22H,5-14,23-29H2,1-4H3,(H,36,40)(H,37,41). The molecule has 0 aliphatic heterocycles. The lowest BCUT2D eigenvalue weighted by atomic mass is 10.0. The maximum absolute atomic E-state index is 12.4. The molecule has 2 N–H and O–H groups in total. The molecule has 2 amide bonds. The maximum Gasteiger partial charge on any atom is 0.225 e. The van der Waals surface area contributed by atoms with Crippen LogP contribution in [-0.2, 0) is 16.0 Å². The van der Waals surface area contributed by atoms with Crippen molar-refractivity contribution in [3.05, 3.63) is 59.7 Å². The molecule has 2 aromatic rings. The predicted octanol–water partition coefficient (Wildman–Crippen LogP) is 7.74. The van der Waals surface area contributed by atoms with Crippen molar-refractivity contribution in [3.63, 3.8) is 0 Å². The van der Waals surface area contributed by atoms with E-state index >= 15 is 0 Å². The van der Waals surface area contributed by atoms with Gasteiger partial charge in [0.05, 0.1) is 0 Å². The fourth-order valence-electron chi connectivity index (χ4n) is 4.87. The fraction of sp³-hybridized carbons (Fsp3) is 0.600. The van der Waals surface area contributed by atoms with Crippen LogP contribution in [-0.4, -0.2) is 61.9 Å². The van der Waals surface area contributed by atoms with Gasteiger partial charge in [-0.1, -0.05) is 89.5 Å². The van der Waals surface area contributed by atoms with Crippen molar-refractivity contribution in [3.8, 4) is 0 Å². The van der Waals surface area contributed by atoms with Crippen LogP contribution in [0.5, 0.6) is 0 Å². The second kappa shape index (κ2) is 21.1. The molecule has 0 atom stereocenters. The largest absolute Gasteiger partial charge is 0.326 e. The molecule has 2 rings (SSSR count). The highest BCUT2D eigenvalue weighted by molar-refractivity contribution is 5.91. The first-order valence-electron chi connectivity index (χ1n) is 16.0. The number of unbranched alkanes of at least 4 members (excludes halogenated alkanes) is 8. The molecule has 0 saturated heterocycles. The molecular formula is C35H56N4O2. The van der Waals surface area contributed by atoms with E-state index in [4.69, 9.17) is 0 Å². The molecule has 2 aromatic carbocycles. The highest BCUT2D eigenvalue weighted by Gasteiger charge is 2.08. The summed E-state index contributed by atoms with van der Waals surface area (Å²) >= 11 is 0. The van der Waals surface area contributed by atoms with Crippen LogP contribution in [0.4, 0.5) is 11.4 Å². The highest BCUT2D eigenvalue weighted by Crippen LogP contribution is 2.17. The lowest BCUT2D eigenvalue weighted by Crippen LogP contribution is -2.25. The Labute approximate surface area is 250 Å². The lowest BCUT2D eigenvalue weighted by Gasteiger charge is -2.16. The molecule has 41 heavy (non-hydrogen) atoms. The zero-order valence-electron chi connectivity index (χ0n) is 26.4. The predicted molar refractivity (Wildman–Crippen MR) is 175 cm³/mol. The van der Waals surface area contributed by atoms with Crippen LogP contribution < -0.4 is 10.6 Å². The van der Waals surface area contributed by atoms with Crippen LogP contribution in [0.1, 0.15) is 102 Å². The molecule has 6 heteroatoms. The van der Waals surface area contributed by atoms with Gasteiger partial charge < -0.3 is 20.4 Å². The highest BCUT2D eigenvalue weighted by atomic mass is 16.2. The van der Waals surface area contributed by atoms with Crippen molar-refractivity contribution in [2.75, 3.05) is 50.9 Å². The number of rotatable bonds is 22. The van der Waals surface area contributed by atoms with Gasteiger partial charge in [-0.3, -0.25) is 9.59 Å². The Balaban J connectivity index is 1.66. The van der Waals surface area contributed by atoms with Crippen LogP contribution in [0.25, 0.3) is 0 Å². The first-order chi connectivity index (χ1) is 19.9. The van der Waals surface area contributed by atoms with Crippen molar-refractivity contribution < 1.29 is 9.59 Å². The summed E-state index contributed by atoms with van der Waals surface area (Å²) < 4.78 is 0. The van der Waals surface area contributed by atoms with Crippen molar-refractivity contribution in [2.24, 2.45) is 0 Å². The van der Waals surface area contributed by atoms with Crippen LogP contribution >= 0.6 is 0 Å². The van der Waals surface area contributed by atoms with E-state index < -0.39 is 0 Å². The van der Waals surface area contributed by atoms with Crippen LogP contribution in [0.2, 0.25) is 0 Å². The Morgan fingerprint density at radius 1 is 0.537 bits per heavy atom. The van der Waals surface area contributed by atoms with E-state index in [1.54, 1.807) is 0 Å². The smallest absolute Gasteiger partial charge is 0.225 e. The lowest BCUT2D eigenvalue weighted by molar-refractivity contribution is -0.117. The van der Waals surface area contributed by atoms with Gasteiger partial charge in [0, 0.05) is 37.3 Å². The van der Waals surface area contributed by atoms with Crippen molar-refractivity contribution in [2.45, 2.75) is 97.3 Å². The van der Waals surface area contributed by atoms with Gasteiger partial charge in [-0.15, -0.1) is 0 Å². The summed E-state index contributed by atoms with van der Waals surface area (Å²) in [6.07, 6.45) is 14.5. The summed E-state index contributed by atoms with van der Waals surface area (Å²) in [7, 11) is 4.19. The fourth-order valence-corrected chi connectivity index (χ4v) is 4.87. The van der Waals surface area contributed by atoms with Gasteiger partial charge in [0.15, 0.2) is 0 Å². The minimum absolute atomic E-state index is 0.0577. The van der Waals surface area contributed by atoms with Gasteiger partial charge in [-0.25, -0.2) is 0 Å². The van der Waals surface area contributed by atoms with Gasteiger partial charge in [0.2, 0.25) is 11.8 Å². The average molecular weight is 565 g/mol. The van der Waals surface area contributed by atoms with E-state index in [9.17, 15) is 9.59 Å². The molecule has 0 aromatic heterocycles. The number of carbonyl (C=O) groups excluding carboxylic acids is 2. The monoisotopic (exact) mass is 564 g/mol. The summed E-state index contributed by atoms with van der Waals surface area (Å²) in [5, 5.41) is 6.05.